The molecule has 0 radical (unpaired) electrons. The second-order valence-electron chi connectivity index (χ2n) is 4.24. The highest BCUT2D eigenvalue weighted by Crippen LogP contribution is 2.39. The maximum Gasteiger partial charge on any atom is 0.283 e. The highest BCUT2D eigenvalue weighted by molar-refractivity contribution is 14.1. The lowest BCUT2D eigenvalue weighted by atomic mass is 9.86. The number of alkyl halides is 2. The first-order valence-corrected chi connectivity index (χ1v) is 5.94. The van der Waals surface area contributed by atoms with Crippen molar-refractivity contribution in [2.45, 2.75) is 13.0 Å². The van der Waals surface area contributed by atoms with Gasteiger partial charge in [0.15, 0.2) is 0 Å². The second kappa shape index (κ2) is 3.52. The number of hydrogen-bond donors (Lipinski definition) is 0. The molecule has 0 saturated carbocycles. The predicted octanol–water partition coefficient (Wildman–Crippen LogP) is 1.83. The number of fused-ring (bicyclic) bond motifs is 1. The second-order valence-corrected chi connectivity index (χ2v) is 5.32. The summed E-state index contributed by atoms with van der Waals surface area (Å²) in [6, 6.07) is 0. The Bertz CT molecular complexity index is 431. The quantitative estimate of drug-likeness (QED) is 0.731. The average Bonchev–Trinajstić information content (AvgIpc) is 2.53. The molecule has 0 unspecified atom stereocenters. The summed E-state index contributed by atoms with van der Waals surface area (Å²) < 4.78 is 37.9. The van der Waals surface area contributed by atoms with E-state index in [0.29, 0.717) is 35.8 Å². The van der Waals surface area contributed by atoms with Gasteiger partial charge in [0.25, 0.3) is 6.43 Å². The molecule has 1 spiro atoms. The summed E-state index contributed by atoms with van der Waals surface area (Å²) in [6.45, 7) is 2.36. The SMILES string of the molecule is FC(F)c1nn2c(c1I)OCC1(COC1)C2. The van der Waals surface area contributed by atoms with E-state index in [4.69, 9.17) is 9.47 Å². The van der Waals surface area contributed by atoms with Gasteiger partial charge in [-0.2, -0.15) is 5.10 Å². The zero-order valence-electron chi connectivity index (χ0n) is 8.25. The van der Waals surface area contributed by atoms with Gasteiger partial charge >= 0.3 is 0 Å². The van der Waals surface area contributed by atoms with Crippen LogP contribution < -0.4 is 4.74 Å². The molecule has 1 saturated heterocycles. The summed E-state index contributed by atoms with van der Waals surface area (Å²) in [4.78, 5) is 0. The number of ether oxygens (including phenoxy) is 2. The smallest absolute Gasteiger partial charge is 0.283 e. The summed E-state index contributed by atoms with van der Waals surface area (Å²) in [6.07, 6.45) is -2.55. The van der Waals surface area contributed by atoms with E-state index in [1.807, 2.05) is 22.6 Å². The van der Waals surface area contributed by atoms with Crippen molar-refractivity contribution >= 4 is 22.6 Å². The number of hydrogen-bond acceptors (Lipinski definition) is 3. The molecule has 2 aliphatic rings. The molecule has 4 nitrogen and oxygen atoms in total. The molecular weight excluding hydrogens is 333 g/mol. The molecule has 1 aromatic heterocycles. The molecule has 7 heteroatoms. The van der Waals surface area contributed by atoms with E-state index in [1.165, 1.54) is 4.68 Å². The van der Waals surface area contributed by atoms with Crippen LogP contribution in [0.25, 0.3) is 0 Å². The molecule has 88 valence electrons. The van der Waals surface area contributed by atoms with Crippen molar-refractivity contribution in [1.29, 1.82) is 0 Å². The van der Waals surface area contributed by atoms with E-state index in [9.17, 15) is 8.78 Å². The molecule has 0 N–H and O–H groups in total. The molecule has 0 aromatic carbocycles. The van der Waals surface area contributed by atoms with Crippen LogP contribution in [0.5, 0.6) is 5.88 Å². The van der Waals surface area contributed by atoms with E-state index in [-0.39, 0.29) is 11.1 Å². The van der Waals surface area contributed by atoms with E-state index in [2.05, 4.69) is 5.10 Å². The summed E-state index contributed by atoms with van der Waals surface area (Å²) in [5, 5.41) is 3.91. The monoisotopic (exact) mass is 342 g/mol. The van der Waals surface area contributed by atoms with Crippen LogP contribution in [0, 0.1) is 8.99 Å². The molecule has 2 aliphatic heterocycles. The highest BCUT2D eigenvalue weighted by Gasteiger charge is 2.44. The van der Waals surface area contributed by atoms with Gasteiger partial charge in [0.1, 0.15) is 15.9 Å². The van der Waals surface area contributed by atoms with Crippen LogP contribution >= 0.6 is 22.6 Å². The third-order valence-electron chi connectivity index (χ3n) is 2.90. The fourth-order valence-electron chi connectivity index (χ4n) is 1.98. The lowest BCUT2D eigenvalue weighted by Crippen LogP contribution is -2.52. The molecule has 0 atom stereocenters. The van der Waals surface area contributed by atoms with Gasteiger partial charge < -0.3 is 9.47 Å². The van der Waals surface area contributed by atoms with Gasteiger partial charge in [-0.15, -0.1) is 0 Å². The van der Waals surface area contributed by atoms with Crippen molar-refractivity contribution in [3.63, 3.8) is 0 Å². The molecular formula is C9H9F2IN2O2. The summed E-state index contributed by atoms with van der Waals surface area (Å²) in [5.41, 5.74) is -0.241. The van der Waals surface area contributed by atoms with Gasteiger partial charge in [-0.1, -0.05) is 0 Å². The molecule has 3 rings (SSSR count). The summed E-state index contributed by atoms with van der Waals surface area (Å²) in [7, 11) is 0. The van der Waals surface area contributed by atoms with Crippen LogP contribution in [0.3, 0.4) is 0 Å². The van der Waals surface area contributed by atoms with E-state index < -0.39 is 6.43 Å². The third kappa shape index (κ3) is 1.44. The zero-order chi connectivity index (χ0) is 11.3. The first kappa shape index (κ1) is 10.7. The van der Waals surface area contributed by atoms with Gasteiger partial charge in [-0.05, 0) is 22.6 Å². The molecule has 3 heterocycles. The van der Waals surface area contributed by atoms with E-state index in [0.717, 1.165) is 0 Å². The maximum atomic E-state index is 12.6. The Morgan fingerprint density at radius 2 is 2.12 bits per heavy atom. The Kier molecular flexibility index (Phi) is 2.36. The number of rotatable bonds is 1. The third-order valence-corrected chi connectivity index (χ3v) is 3.91. The Labute approximate surface area is 104 Å². The fourth-order valence-corrected chi connectivity index (χ4v) is 2.75. The molecule has 16 heavy (non-hydrogen) atoms. The highest BCUT2D eigenvalue weighted by atomic mass is 127. The molecule has 1 fully saturated rings. The van der Waals surface area contributed by atoms with Gasteiger partial charge in [0, 0.05) is 0 Å². The standard InChI is InChI=1S/C9H9F2IN2O2/c10-7(11)6-5(12)8-14(13-6)1-9(4-16-8)2-15-3-9/h7H,1-4H2. The molecule has 0 amide bonds. The Balaban J connectivity index is 1.96. The van der Waals surface area contributed by atoms with Crippen LogP contribution in [-0.2, 0) is 11.3 Å². The van der Waals surface area contributed by atoms with Crippen LogP contribution in [0.1, 0.15) is 12.1 Å². The van der Waals surface area contributed by atoms with Crippen molar-refractivity contribution in [1.82, 2.24) is 9.78 Å². The lowest BCUT2D eigenvalue weighted by molar-refractivity contribution is -0.154. The van der Waals surface area contributed by atoms with Crippen LogP contribution in [0.4, 0.5) is 8.78 Å². The normalized spacial score (nSPS) is 21.8. The molecule has 0 aliphatic carbocycles. The number of aromatic nitrogens is 2. The van der Waals surface area contributed by atoms with Gasteiger partial charge in [-0.25, -0.2) is 13.5 Å². The minimum Gasteiger partial charge on any atom is -0.476 e. The Hall–Kier alpha value is -0.440. The van der Waals surface area contributed by atoms with Crippen LogP contribution in [-0.4, -0.2) is 29.6 Å². The first-order valence-electron chi connectivity index (χ1n) is 4.86. The zero-order valence-corrected chi connectivity index (χ0v) is 10.4. The van der Waals surface area contributed by atoms with Gasteiger partial charge in [0.05, 0.1) is 25.2 Å². The fraction of sp³-hybridized carbons (Fsp3) is 0.667. The summed E-state index contributed by atoms with van der Waals surface area (Å²) >= 11 is 1.86. The van der Waals surface area contributed by atoms with Crippen molar-refractivity contribution in [3.05, 3.63) is 9.26 Å². The maximum absolute atomic E-state index is 12.6. The van der Waals surface area contributed by atoms with Crippen molar-refractivity contribution in [2.75, 3.05) is 19.8 Å². The largest absolute Gasteiger partial charge is 0.476 e. The topological polar surface area (TPSA) is 36.3 Å². The lowest BCUT2D eigenvalue weighted by Gasteiger charge is -2.43. The first-order chi connectivity index (χ1) is 7.61. The van der Waals surface area contributed by atoms with E-state index in [1.54, 1.807) is 0 Å². The number of halogens is 3. The molecule has 0 bridgehead atoms. The number of nitrogens with zero attached hydrogens (tertiary/aromatic N) is 2. The minimum atomic E-state index is -2.55. The van der Waals surface area contributed by atoms with Crippen molar-refractivity contribution in [3.8, 4) is 5.88 Å². The Morgan fingerprint density at radius 1 is 1.38 bits per heavy atom. The van der Waals surface area contributed by atoms with Gasteiger partial charge in [0.2, 0.25) is 5.88 Å². The molecule has 1 aromatic rings. The van der Waals surface area contributed by atoms with Crippen LogP contribution in [0.15, 0.2) is 0 Å². The van der Waals surface area contributed by atoms with Crippen LogP contribution in [0.2, 0.25) is 0 Å². The van der Waals surface area contributed by atoms with Gasteiger partial charge in [-0.3, -0.25) is 0 Å². The van der Waals surface area contributed by atoms with Crippen molar-refractivity contribution in [2.24, 2.45) is 5.41 Å². The van der Waals surface area contributed by atoms with E-state index >= 15 is 0 Å². The van der Waals surface area contributed by atoms with Crippen molar-refractivity contribution < 1.29 is 18.3 Å². The predicted molar refractivity (Wildman–Crippen MR) is 58.6 cm³/mol. The summed E-state index contributed by atoms with van der Waals surface area (Å²) in [5.74, 6) is 0.466. The average molecular weight is 342 g/mol. The minimum absolute atomic E-state index is 0.0541. The Morgan fingerprint density at radius 3 is 2.69 bits per heavy atom.